The second kappa shape index (κ2) is 10.1. The van der Waals surface area contributed by atoms with Gasteiger partial charge >= 0.3 is 0 Å². The van der Waals surface area contributed by atoms with Crippen LogP contribution in [0, 0.1) is 13.8 Å². The first-order valence-electron chi connectivity index (χ1n) is 11.4. The van der Waals surface area contributed by atoms with Crippen LogP contribution in [-0.4, -0.2) is 28.0 Å². The van der Waals surface area contributed by atoms with E-state index in [4.69, 9.17) is 32.4 Å². The molecule has 0 saturated heterocycles. The number of amides is 1. The molecule has 0 spiro atoms. The minimum Gasteiger partial charge on any atom is -0.495 e. The number of nitrogens with zero attached hydrogens (tertiary/aromatic N) is 3. The lowest BCUT2D eigenvalue weighted by molar-refractivity contribution is -0.111. The Labute approximate surface area is 223 Å². The van der Waals surface area contributed by atoms with E-state index in [2.05, 4.69) is 15.5 Å². The Bertz CT molecular complexity index is 1670. The van der Waals surface area contributed by atoms with Crippen molar-refractivity contribution in [3.05, 3.63) is 93.7 Å². The number of benzene rings is 3. The molecule has 0 saturated carbocycles. The van der Waals surface area contributed by atoms with Crippen molar-refractivity contribution < 1.29 is 13.9 Å². The molecule has 37 heavy (non-hydrogen) atoms. The van der Waals surface area contributed by atoms with Crippen LogP contribution in [0.25, 0.3) is 34.1 Å². The number of hydrogen-bond acceptors (Lipinski definition) is 5. The summed E-state index contributed by atoms with van der Waals surface area (Å²) >= 11 is 12.5. The van der Waals surface area contributed by atoms with Gasteiger partial charge in [0.2, 0.25) is 5.91 Å². The number of aryl methyl sites for hydroxylation is 2. The molecule has 5 rings (SSSR count). The van der Waals surface area contributed by atoms with Crippen molar-refractivity contribution in [2.24, 2.45) is 0 Å². The Hall–Kier alpha value is -4.07. The number of hydrogen-bond donors (Lipinski definition) is 1. The fraction of sp³-hybridized carbons (Fsp3) is 0.107. The van der Waals surface area contributed by atoms with Crippen LogP contribution < -0.4 is 10.1 Å². The van der Waals surface area contributed by atoms with Crippen molar-refractivity contribution in [1.29, 1.82) is 0 Å². The van der Waals surface area contributed by atoms with Crippen LogP contribution in [0.5, 0.6) is 5.75 Å². The molecule has 0 aliphatic rings. The molecule has 0 bridgehead atoms. The summed E-state index contributed by atoms with van der Waals surface area (Å²) in [7, 11) is 1.56. The molecule has 0 atom stereocenters. The molecule has 0 aliphatic carbocycles. The van der Waals surface area contributed by atoms with Crippen molar-refractivity contribution >= 4 is 51.9 Å². The Morgan fingerprint density at radius 3 is 2.46 bits per heavy atom. The molecule has 186 valence electrons. The van der Waals surface area contributed by atoms with Gasteiger partial charge in [0.1, 0.15) is 28.3 Å². The number of halogens is 2. The maximum Gasteiger partial charge on any atom is 0.248 e. The molecule has 7 nitrogen and oxygen atoms in total. The van der Waals surface area contributed by atoms with Crippen LogP contribution in [-0.2, 0) is 4.79 Å². The van der Waals surface area contributed by atoms with Gasteiger partial charge < -0.3 is 14.5 Å². The van der Waals surface area contributed by atoms with Gasteiger partial charge in [-0.05, 0) is 79.6 Å². The van der Waals surface area contributed by atoms with Crippen LogP contribution in [0.2, 0.25) is 10.0 Å². The maximum absolute atomic E-state index is 12.6. The molecule has 0 radical (unpaired) electrons. The third-order valence-corrected chi connectivity index (χ3v) is 6.54. The van der Waals surface area contributed by atoms with Gasteiger partial charge in [-0.1, -0.05) is 35.3 Å². The number of ether oxygens (including phenoxy) is 1. The third kappa shape index (κ3) is 5.23. The first-order valence-corrected chi connectivity index (χ1v) is 12.1. The van der Waals surface area contributed by atoms with Crippen LogP contribution in [0.15, 0.2) is 71.2 Å². The Kier molecular flexibility index (Phi) is 6.74. The van der Waals surface area contributed by atoms with E-state index in [1.807, 2.05) is 50.2 Å². The first-order chi connectivity index (χ1) is 17.8. The third-order valence-electron chi connectivity index (χ3n) is 5.83. The number of methoxy groups -OCH3 is 1. The van der Waals surface area contributed by atoms with Crippen molar-refractivity contribution in [1.82, 2.24) is 15.0 Å². The summed E-state index contributed by atoms with van der Waals surface area (Å²) in [5.41, 5.74) is 5.37. The number of rotatable bonds is 6. The SMILES string of the molecule is COc1ccc(-n2nc3cc(C)c(NC(=O)/C=C/c4ccc(-c5ccc(C)c(Cl)c5)o4)cc3n2)cc1Cl. The molecule has 2 heterocycles. The number of fused-ring (bicyclic) bond motifs is 1. The summed E-state index contributed by atoms with van der Waals surface area (Å²) in [5, 5.41) is 13.1. The number of furan rings is 1. The minimum absolute atomic E-state index is 0.298. The summed E-state index contributed by atoms with van der Waals surface area (Å²) in [6, 6.07) is 18.3. The molecule has 5 aromatic rings. The van der Waals surface area contributed by atoms with Crippen LogP contribution in [0.3, 0.4) is 0 Å². The van der Waals surface area contributed by atoms with Gasteiger partial charge in [-0.3, -0.25) is 4.79 Å². The number of aromatic nitrogens is 3. The van der Waals surface area contributed by atoms with Crippen molar-refractivity contribution in [2.45, 2.75) is 13.8 Å². The molecule has 0 aliphatic heterocycles. The van der Waals surface area contributed by atoms with Gasteiger partial charge in [0, 0.05) is 22.3 Å². The monoisotopic (exact) mass is 532 g/mol. The van der Waals surface area contributed by atoms with E-state index in [9.17, 15) is 4.79 Å². The predicted molar refractivity (Wildman–Crippen MR) is 147 cm³/mol. The quantitative estimate of drug-likeness (QED) is 0.232. The second-order valence-corrected chi connectivity index (χ2v) is 9.27. The summed E-state index contributed by atoms with van der Waals surface area (Å²) in [5.74, 6) is 1.49. The van der Waals surface area contributed by atoms with Gasteiger partial charge in [0.15, 0.2) is 0 Å². The topological polar surface area (TPSA) is 82.2 Å². The lowest BCUT2D eigenvalue weighted by Gasteiger charge is -2.05. The zero-order valence-corrected chi connectivity index (χ0v) is 21.8. The Morgan fingerprint density at radius 2 is 1.73 bits per heavy atom. The molecule has 3 aromatic carbocycles. The zero-order valence-electron chi connectivity index (χ0n) is 20.3. The van der Waals surface area contributed by atoms with E-state index in [0.717, 1.165) is 16.7 Å². The summed E-state index contributed by atoms with van der Waals surface area (Å²) in [4.78, 5) is 14.1. The standard InChI is InChI=1S/C28H22Cl2N4O3/c1-16-4-5-18(13-21(16)29)26-10-7-20(37-26)8-11-28(35)31-23-15-25-24(12-17(23)2)32-34(33-25)19-6-9-27(36-3)22(30)14-19/h4-15H,1-3H3,(H,31,35)/b11-8+. The molecule has 0 unspecified atom stereocenters. The van der Waals surface area contributed by atoms with Crippen molar-refractivity contribution in [2.75, 3.05) is 12.4 Å². The smallest absolute Gasteiger partial charge is 0.248 e. The average Bonchev–Trinajstić information content (AvgIpc) is 3.52. The van der Waals surface area contributed by atoms with Gasteiger partial charge in [-0.15, -0.1) is 10.2 Å². The summed E-state index contributed by atoms with van der Waals surface area (Å²) in [6.45, 7) is 3.84. The van der Waals surface area contributed by atoms with Crippen LogP contribution in [0.4, 0.5) is 5.69 Å². The van der Waals surface area contributed by atoms with E-state index in [0.29, 0.717) is 49.7 Å². The largest absolute Gasteiger partial charge is 0.495 e. The maximum atomic E-state index is 12.6. The fourth-order valence-electron chi connectivity index (χ4n) is 3.77. The zero-order chi connectivity index (χ0) is 26.1. The fourth-order valence-corrected chi connectivity index (χ4v) is 4.21. The molecular weight excluding hydrogens is 511 g/mol. The summed E-state index contributed by atoms with van der Waals surface area (Å²) in [6.07, 6.45) is 3.04. The van der Waals surface area contributed by atoms with Gasteiger partial charge in [0.05, 0.1) is 17.8 Å². The number of anilines is 1. The molecule has 2 aromatic heterocycles. The highest BCUT2D eigenvalue weighted by Gasteiger charge is 2.12. The van der Waals surface area contributed by atoms with E-state index in [1.165, 1.54) is 10.9 Å². The predicted octanol–water partition coefficient (Wildman–Crippen LogP) is 7.26. The highest BCUT2D eigenvalue weighted by Crippen LogP contribution is 2.29. The van der Waals surface area contributed by atoms with Gasteiger partial charge in [0.25, 0.3) is 0 Å². The number of carbonyl (C=O) groups excluding carboxylic acids is 1. The lowest BCUT2D eigenvalue weighted by Crippen LogP contribution is -2.08. The molecule has 0 fully saturated rings. The lowest BCUT2D eigenvalue weighted by atomic mass is 10.1. The van der Waals surface area contributed by atoms with Crippen molar-refractivity contribution in [3.63, 3.8) is 0 Å². The molecule has 1 amide bonds. The van der Waals surface area contributed by atoms with Crippen molar-refractivity contribution in [3.8, 4) is 22.8 Å². The minimum atomic E-state index is -0.298. The first kappa shape index (κ1) is 24.6. The normalized spacial score (nSPS) is 11.4. The average molecular weight is 533 g/mol. The highest BCUT2D eigenvalue weighted by molar-refractivity contribution is 6.32. The summed E-state index contributed by atoms with van der Waals surface area (Å²) < 4.78 is 11.1. The molecule has 1 N–H and O–H groups in total. The molecule has 9 heteroatoms. The van der Waals surface area contributed by atoms with Crippen LogP contribution >= 0.6 is 23.2 Å². The van der Waals surface area contributed by atoms with Gasteiger partial charge in [-0.25, -0.2) is 0 Å². The Morgan fingerprint density at radius 1 is 0.946 bits per heavy atom. The highest BCUT2D eigenvalue weighted by atomic mass is 35.5. The Balaban J connectivity index is 1.31. The van der Waals surface area contributed by atoms with E-state index < -0.39 is 0 Å². The number of nitrogens with one attached hydrogen (secondary N) is 1. The van der Waals surface area contributed by atoms with E-state index in [-0.39, 0.29) is 5.91 Å². The van der Waals surface area contributed by atoms with E-state index in [1.54, 1.807) is 37.5 Å². The van der Waals surface area contributed by atoms with Gasteiger partial charge in [-0.2, -0.15) is 4.80 Å². The molecular formula is C28H22Cl2N4O3. The van der Waals surface area contributed by atoms with E-state index >= 15 is 0 Å². The second-order valence-electron chi connectivity index (χ2n) is 8.45. The van der Waals surface area contributed by atoms with Crippen LogP contribution in [0.1, 0.15) is 16.9 Å². The number of carbonyl (C=O) groups is 1.